The quantitative estimate of drug-likeness (QED) is 0.770. The van der Waals surface area contributed by atoms with Crippen LogP contribution >= 0.6 is 0 Å². The van der Waals surface area contributed by atoms with E-state index in [9.17, 15) is 4.79 Å². The highest BCUT2D eigenvalue weighted by atomic mass is 16.1. The predicted octanol–water partition coefficient (Wildman–Crippen LogP) is 3.47. The van der Waals surface area contributed by atoms with E-state index in [0.29, 0.717) is 6.42 Å². The zero-order chi connectivity index (χ0) is 12.1. The van der Waals surface area contributed by atoms with Gasteiger partial charge in [0.2, 0.25) is 5.91 Å². The molecule has 0 aliphatic carbocycles. The van der Waals surface area contributed by atoms with Gasteiger partial charge in [0.05, 0.1) is 0 Å². The molecule has 2 nitrogen and oxygen atoms in total. The van der Waals surface area contributed by atoms with Gasteiger partial charge >= 0.3 is 0 Å². The van der Waals surface area contributed by atoms with E-state index in [2.05, 4.69) is 31.3 Å². The SMILES string of the molecule is CC.CCc1cc(C)cc2c1NC(=O)CC2. The van der Waals surface area contributed by atoms with E-state index < -0.39 is 0 Å². The van der Waals surface area contributed by atoms with E-state index in [1.807, 2.05) is 13.8 Å². The van der Waals surface area contributed by atoms with Crippen LogP contribution in [0, 0.1) is 6.92 Å². The fourth-order valence-electron chi connectivity index (χ4n) is 2.03. The van der Waals surface area contributed by atoms with Gasteiger partial charge in [0.1, 0.15) is 0 Å². The number of carbonyl (C=O) groups is 1. The van der Waals surface area contributed by atoms with Crippen molar-refractivity contribution in [3.05, 3.63) is 28.8 Å². The number of carbonyl (C=O) groups excluding carboxylic acids is 1. The summed E-state index contributed by atoms with van der Waals surface area (Å²) in [5.74, 6) is 0.149. The van der Waals surface area contributed by atoms with Crippen LogP contribution in [0.2, 0.25) is 0 Å². The van der Waals surface area contributed by atoms with Crippen molar-refractivity contribution in [2.75, 3.05) is 5.32 Å². The Labute approximate surface area is 98.1 Å². The van der Waals surface area contributed by atoms with Crippen LogP contribution in [-0.2, 0) is 17.6 Å². The molecule has 2 heteroatoms. The van der Waals surface area contributed by atoms with Crippen molar-refractivity contribution in [3.63, 3.8) is 0 Å². The van der Waals surface area contributed by atoms with E-state index in [4.69, 9.17) is 0 Å². The molecule has 1 aliphatic rings. The van der Waals surface area contributed by atoms with Gasteiger partial charge in [-0.15, -0.1) is 0 Å². The van der Waals surface area contributed by atoms with Crippen molar-refractivity contribution >= 4 is 11.6 Å². The molecule has 88 valence electrons. The molecule has 0 saturated carbocycles. The lowest BCUT2D eigenvalue weighted by atomic mass is 9.95. The Hall–Kier alpha value is -1.31. The Kier molecular flexibility index (Phi) is 4.53. The lowest BCUT2D eigenvalue weighted by Gasteiger charge is -2.20. The Morgan fingerprint density at radius 1 is 1.25 bits per heavy atom. The van der Waals surface area contributed by atoms with Gasteiger partial charge in [-0.05, 0) is 30.9 Å². The largest absolute Gasteiger partial charge is 0.326 e. The summed E-state index contributed by atoms with van der Waals surface area (Å²) >= 11 is 0. The first-order valence-corrected chi connectivity index (χ1v) is 6.13. The molecule has 1 aromatic carbocycles. The molecule has 0 fully saturated rings. The van der Waals surface area contributed by atoms with Crippen molar-refractivity contribution in [2.24, 2.45) is 0 Å². The number of hydrogen-bond acceptors (Lipinski definition) is 1. The normalized spacial score (nSPS) is 13.4. The lowest BCUT2D eigenvalue weighted by molar-refractivity contribution is -0.116. The fourth-order valence-corrected chi connectivity index (χ4v) is 2.03. The topological polar surface area (TPSA) is 29.1 Å². The molecule has 1 N–H and O–H groups in total. The van der Waals surface area contributed by atoms with Crippen LogP contribution in [0.4, 0.5) is 5.69 Å². The Balaban J connectivity index is 0.000000606. The summed E-state index contributed by atoms with van der Waals surface area (Å²) in [7, 11) is 0. The summed E-state index contributed by atoms with van der Waals surface area (Å²) in [6.07, 6.45) is 2.49. The maximum atomic E-state index is 11.3. The fraction of sp³-hybridized carbons (Fsp3) is 0.500. The highest BCUT2D eigenvalue weighted by molar-refractivity contribution is 5.94. The van der Waals surface area contributed by atoms with E-state index in [1.165, 1.54) is 16.7 Å². The zero-order valence-corrected chi connectivity index (χ0v) is 10.7. The Bertz CT molecular complexity index is 365. The number of nitrogens with one attached hydrogen (secondary N) is 1. The van der Waals surface area contributed by atoms with Gasteiger partial charge in [-0.25, -0.2) is 0 Å². The zero-order valence-electron chi connectivity index (χ0n) is 10.7. The number of hydrogen-bond donors (Lipinski definition) is 1. The number of anilines is 1. The smallest absolute Gasteiger partial charge is 0.224 e. The van der Waals surface area contributed by atoms with Crippen LogP contribution in [0.15, 0.2) is 12.1 Å². The molecule has 1 aliphatic heterocycles. The van der Waals surface area contributed by atoms with E-state index in [0.717, 1.165) is 18.5 Å². The molecular weight excluding hydrogens is 198 g/mol. The van der Waals surface area contributed by atoms with Gasteiger partial charge in [-0.2, -0.15) is 0 Å². The van der Waals surface area contributed by atoms with Gasteiger partial charge in [-0.1, -0.05) is 38.5 Å². The Morgan fingerprint density at radius 3 is 2.56 bits per heavy atom. The van der Waals surface area contributed by atoms with Crippen molar-refractivity contribution in [3.8, 4) is 0 Å². The van der Waals surface area contributed by atoms with E-state index >= 15 is 0 Å². The minimum atomic E-state index is 0.149. The number of amides is 1. The molecule has 0 unspecified atom stereocenters. The molecule has 0 radical (unpaired) electrons. The number of benzene rings is 1. The van der Waals surface area contributed by atoms with Gasteiger partial charge in [0, 0.05) is 12.1 Å². The highest BCUT2D eigenvalue weighted by Gasteiger charge is 2.17. The second-order valence-corrected chi connectivity index (χ2v) is 3.86. The molecule has 0 bridgehead atoms. The molecule has 1 aromatic rings. The molecule has 1 heterocycles. The van der Waals surface area contributed by atoms with Crippen molar-refractivity contribution < 1.29 is 4.79 Å². The molecule has 0 atom stereocenters. The van der Waals surface area contributed by atoms with E-state index in [-0.39, 0.29) is 5.91 Å². The van der Waals surface area contributed by atoms with Crippen LogP contribution in [0.5, 0.6) is 0 Å². The molecule has 2 rings (SSSR count). The monoisotopic (exact) mass is 219 g/mol. The lowest BCUT2D eigenvalue weighted by Crippen LogP contribution is -2.20. The molecular formula is C14H21NO. The highest BCUT2D eigenvalue weighted by Crippen LogP contribution is 2.28. The average Bonchev–Trinajstić information content (AvgIpc) is 2.31. The Morgan fingerprint density at radius 2 is 1.94 bits per heavy atom. The number of rotatable bonds is 1. The average molecular weight is 219 g/mol. The van der Waals surface area contributed by atoms with Crippen LogP contribution in [0.25, 0.3) is 0 Å². The van der Waals surface area contributed by atoms with Crippen LogP contribution in [-0.4, -0.2) is 5.91 Å². The van der Waals surface area contributed by atoms with Crippen molar-refractivity contribution in [1.82, 2.24) is 0 Å². The van der Waals surface area contributed by atoms with Crippen LogP contribution < -0.4 is 5.32 Å². The standard InChI is InChI=1S/C12H15NO.C2H6/c1-3-9-6-8(2)7-10-4-5-11(14)13-12(9)10;1-2/h6-7H,3-5H2,1-2H3,(H,13,14);1-2H3. The first-order valence-electron chi connectivity index (χ1n) is 6.13. The molecule has 16 heavy (non-hydrogen) atoms. The van der Waals surface area contributed by atoms with Gasteiger partial charge < -0.3 is 5.32 Å². The van der Waals surface area contributed by atoms with Crippen molar-refractivity contribution in [1.29, 1.82) is 0 Å². The number of fused-ring (bicyclic) bond motifs is 1. The summed E-state index contributed by atoms with van der Waals surface area (Å²) in [5, 5.41) is 2.97. The third kappa shape index (κ3) is 2.63. The minimum Gasteiger partial charge on any atom is -0.326 e. The van der Waals surface area contributed by atoms with Crippen LogP contribution in [0.1, 0.15) is 43.9 Å². The van der Waals surface area contributed by atoms with Crippen LogP contribution in [0.3, 0.4) is 0 Å². The third-order valence-corrected chi connectivity index (χ3v) is 2.71. The predicted molar refractivity (Wildman–Crippen MR) is 68.9 cm³/mol. The minimum absolute atomic E-state index is 0.149. The van der Waals surface area contributed by atoms with Crippen molar-refractivity contribution in [2.45, 2.75) is 47.0 Å². The van der Waals surface area contributed by atoms with E-state index in [1.54, 1.807) is 0 Å². The molecule has 0 aromatic heterocycles. The second kappa shape index (κ2) is 5.69. The summed E-state index contributed by atoms with van der Waals surface area (Å²) in [6.45, 7) is 8.23. The van der Waals surface area contributed by atoms with Gasteiger partial charge in [0.25, 0.3) is 0 Å². The molecule has 1 amide bonds. The maximum Gasteiger partial charge on any atom is 0.224 e. The first-order chi connectivity index (χ1) is 7.70. The summed E-state index contributed by atoms with van der Waals surface area (Å²) in [6, 6.07) is 4.33. The summed E-state index contributed by atoms with van der Waals surface area (Å²) < 4.78 is 0. The van der Waals surface area contributed by atoms with Gasteiger partial charge in [-0.3, -0.25) is 4.79 Å². The number of aryl methyl sites for hydroxylation is 3. The molecule has 0 saturated heterocycles. The summed E-state index contributed by atoms with van der Waals surface area (Å²) in [4.78, 5) is 11.3. The molecule has 0 spiro atoms. The third-order valence-electron chi connectivity index (χ3n) is 2.71. The first kappa shape index (κ1) is 12.8. The van der Waals surface area contributed by atoms with Gasteiger partial charge in [0.15, 0.2) is 0 Å². The summed E-state index contributed by atoms with van der Waals surface area (Å²) in [5.41, 5.74) is 4.90. The second-order valence-electron chi connectivity index (χ2n) is 3.86. The maximum absolute atomic E-state index is 11.3.